The van der Waals surface area contributed by atoms with Gasteiger partial charge in [0.15, 0.2) is 0 Å². The molecule has 2 N–H and O–H groups in total. The number of hydrogen-bond donors (Lipinski definition) is 2. The van der Waals surface area contributed by atoms with E-state index in [4.69, 9.17) is 5.11 Å². The highest BCUT2D eigenvalue weighted by molar-refractivity contribution is 5.82. The quantitative estimate of drug-likeness (QED) is 0.516. The minimum Gasteiger partial charge on any atom is -0.480 e. The molecule has 18 heavy (non-hydrogen) atoms. The van der Waals surface area contributed by atoms with Crippen LogP contribution in [0.25, 0.3) is 0 Å². The molecule has 0 saturated carbocycles. The highest BCUT2D eigenvalue weighted by atomic mass is 16.4. The molecule has 104 valence electrons. The molecule has 0 spiro atoms. The highest BCUT2D eigenvalue weighted by Gasteiger charge is 2.26. The van der Waals surface area contributed by atoms with Crippen molar-refractivity contribution in [3.8, 4) is 0 Å². The molecule has 0 aromatic carbocycles. The highest BCUT2D eigenvalue weighted by Crippen LogP contribution is 2.08. The zero-order chi connectivity index (χ0) is 14.1. The van der Waals surface area contributed by atoms with Gasteiger partial charge < -0.3 is 15.3 Å². The molecule has 0 heterocycles. The summed E-state index contributed by atoms with van der Waals surface area (Å²) in [5, 5.41) is 11.6. The molecule has 2 unspecified atom stereocenters. The van der Waals surface area contributed by atoms with E-state index in [0.717, 1.165) is 12.8 Å². The predicted molar refractivity (Wildman–Crippen MR) is 71.5 cm³/mol. The van der Waals surface area contributed by atoms with Crippen LogP contribution in [0, 0.1) is 5.92 Å². The Morgan fingerprint density at radius 1 is 1.50 bits per heavy atom. The Hall–Kier alpha value is -1.52. The van der Waals surface area contributed by atoms with Crippen LogP contribution in [0.4, 0.5) is 4.79 Å². The van der Waals surface area contributed by atoms with Gasteiger partial charge in [-0.3, -0.25) is 0 Å². The molecule has 0 aromatic rings. The fraction of sp³-hybridized carbons (Fsp3) is 0.692. The van der Waals surface area contributed by atoms with E-state index in [-0.39, 0.29) is 11.9 Å². The Kier molecular flexibility index (Phi) is 7.83. The molecular weight excluding hydrogens is 232 g/mol. The Bertz CT molecular complexity index is 292. The molecule has 5 heteroatoms. The number of amides is 2. The van der Waals surface area contributed by atoms with Gasteiger partial charge in [-0.2, -0.15) is 0 Å². The van der Waals surface area contributed by atoms with Gasteiger partial charge in [-0.1, -0.05) is 26.3 Å². The Balaban J connectivity index is 4.32. The molecule has 0 aliphatic rings. The van der Waals surface area contributed by atoms with Crippen LogP contribution in [0.1, 0.15) is 33.1 Å². The predicted octanol–water partition coefficient (Wildman–Crippen LogP) is 2.09. The Morgan fingerprint density at radius 2 is 2.11 bits per heavy atom. The van der Waals surface area contributed by atoms with Crippen molar-refractivity contribution in [2.75, 3.05) is 13.6 Å². The second-order valence-corrected chi connectivity index (χ2v) is 4.50. The van der Waals surface area contributed by atoms with Gasteiger partial charge in [0, 0.05) is 13.6 Å². The SMILES string of the molecule is C=CCCCN(C)C(=O)NC(C(=O)O)C(C)CC. The van der Waals surface area contributed by atoms with Crippen LogP contribution in [0.3, 0.4) is 0 Å². The molecule has 0 aliphatic carbocycles. The maximum Gasteiger partial charge on any atom is 0.326 e. The minimum absolute atomic E-state index is 0.0898. The first-order valence-electron chi connectivity index (χ1n) is 6.29. The van der Waals surface area contributed by atoms with E-state index in [2.05, 4.69) is 11.9 Å². The van der Waals surface area contributed by atoms with Crippen LogP contribution >= 0.6 is 0 Å². The summed E-state index contributed by atoms with van der Waals surface area (Å²) in [5.41, 5.74) is 0. The number of urea groups is 1. The second kappa shape index (κ2) is 8.55. The van der Waals surface area contributed by atoms with Crippen LogP contribution in [0.2, 0.25) is 0 Å². The number of unbranched alkanes of at least 4 members (excludes halogenated alkanes) is 1. The van der Waals surface area contributed by atoms with Crippen molar-refractivity contribution in [3.05, 3.63) is 12.7 Å². The first kappa shape index (κ1) is 16.5. The van der Waals surface area contributed by atoms with E-state index >= 15 is 0 Å². The van der Waals surface area contributed by atoms with Gasteiger partial charge in [-0.05, 0) is 18.8 Å². The normalized spacial score (nSPS) is 13.5. The largest absolute Gasteiger partial charge is 0.480 e. The number of hydrogen-bond acceptors (Lipinski definition) is 2. The molecule has 0 fully saturated rings. The first-order chi connectivity index (χ1) is 8.43. The van der Waals surface area contributed by atoms with E-state index in [1.807, 2.05) is 13.8 Å². The number of carboxylic acid groups (broad SMARTS) is 1. The van der Waals surface area contributed by atoms with Crippen LogP contribution in [0.5, 0.6) is 0 Å². The van der Waals surface area contributed by atoms with Crippen molar-refractivity contribution in [2.45, 2.75) is 39.2 Å². The van der Waals surface area contributed by atoms with Crippen molar-refractivity contribution in [2.24, 2.45) is 5.92 Å². The van der Waals surface area contributed by atoms with Crippen molar-refractivity contribution in [3.63, 3.8) is 0 Å². The molecule has 5 nitrogen and oxygen atoms in total. The van der Waals surface area contributed by atoms with Gasteiger partial charge in [-0.15, -0.1) is 6.58 Å². The zero-order valence-corrected chi connectivity index (χ0v) is 11.5. The van der Waals surface area contributed by atoms with Gasteiger partial charge in [0.25, 0.3) is 0 Å². The summed E-state index contributed by atoms with van der Waals surface area (Å²) in [6.45, 7) is 7.92. The summed E-state index contributed by atoms with van der Waals surface area (Å²) < 4.78 is 0. The second-order valence-electron chi connectivity index (χ2n) is 4.50. The Labute approximate surface area is 109 Å². The summed E-state index contributed by atoms with van der Waals surface area (Å²) >= 11 is 0. The number of aliphatic carboxylic acids is 1. The first-order valence-corrected chi connectivity index (χ1v) is 6.29. The third kappa shape index (κ3) is 5.70. The van der Waals surface area contributed by atoms with Crippen molar-refractivity contribution < 1.29 is 14.7 Å². The number of carboxylic acids is 1. The monoisotopic (exact) mass is 256 g/mol. The smallest absolute Gasteiger partial charge is 0.326 e. The van der Waals surface area contributed by atoms with Gasteiger partial charge in [0.2, 0.25) is 0 Å². The van der Waals surface area contributed by atoms with Gasteiger partial charge in [-0.25, -0.2) is 9.59 Å². The lowest BCUT2D eigenvalue weighted by Gasteiger charge is -2.24. The van der Waals surface area contributed by atoms with Crippen LogP contribution in [-0.2, 0) is 4.79 Å². The average molecular weight is 256 g/mol. The molecule has 0 radical (unpaired) electrons. The number of nitrogens with one attached hydrogen (secondary N) is 1. The molecular formula is C13H24N2O3. The zero-order valence-electron chi connectivity index (χ0n) is 11.5. The number of carbonyl (C=O) groups is 2. The van der Waals surface area contributed by atoms with Crippen molar-refractivity contribution in [1.29, 1.82) is 0 Å². The number of nitrogens with zero attached hydrogens (tertiary/aromatic N) is 1. The molecule has 0 aromatic heterocycles. The summed E-state index contributed by atoms with van der Waals surface area (Å²) in [5.74, 6) is -1.08. The molecule has 0 aliphatic heterocycles. The van der Waals surface area contributed by atoms with Gasteiger partial charge >= 0.3 is 12.0 Å². The summed E-state index contributed by atoms with van der Waals surface area (Å²) in [7, 11) is 1.66. The fourth-order valence-electron chi connectivity index (χ4n) is 1.50. The molecule has 0 bridgehead atoms. The lowest BCUT2D eigenvalue weighted by Crippen LogP contribution is -2.49. The molecule has 2 amide bonds. The van der Waals surface area contributed by atoms with E-state index in [1.165, 1.54) is 4.90 Å². The number of allylic oxidation sites excluding steroid dienone is 1. The van der Waals surface area contributed by atoms with E-state index in [9.17, 15) is 9.59 Å². The van der Waals surface area contributed by atoms with E-state index < -0.39 is 12.0 Å². The van der Waals surface area contributed by atoms with E-state index in [1.54, 1.807) is 13.1 Å². The van der Waals surface area contributed by atoms with Gasteiger partial charge in [0.1, 0.15) is 6.04 Å². The third-order valence-electron chi connectivity index (χ3n) is 3.01. The third-order valence-corrected chi connectivity index (χ3v) is 3.01. The van der Waals surface area contributed by atoms with Crippen molar-refractivity contribution >= 4 is 12.0 Å². The standard InChI is InChI=1S/C13H24N2O3/c1-5-7-8-9-15(4)13(18)14-11(12(16)17)10(3)6-2/h5,10-11H,1,6-9H2,2-4H3,(H,14,18)(H,16,17). The summed E-state index contributed by atoms with van der Waals surface area (Å²) in [4.78, 5) is 24.4. The fourth-order valence-corrected chi connectivity index (χ4v) is 1.50. The minimum atomic E-state index is -0.989. The average Bonchev–Trinajstić information content (AvgIpc) is 2.34. The van der Waals surface area contributed by atoms with Crippen LogP contribution < -0.4 is 5.32 Å². The summed E-state index contributed by atoms with van der Waals surface area (Å²) in [6.07, 6.45) is 4.17. The van der Waals surface area contributed by atoms with Crippen LogP contribution in [0.15, 0.2) is 12.7 Å². The van der Waals surface area contributed by atoms with E-state index in [0.29, 0.717) is 13.0 Å². The lowest BCUT2D eigenvalue weighted by atomic mass is 9.99. The van der Waals surface area contributed by atoms with Crippen molar-refractivity contribution in [1.82, 2.24) is 10.2 Å². The maximum atomic E-state index is 11.8. The summed E-state index contributed by atoms with van der Waals surface area (Å²) in [6, 6.07) is -1.17. The van der Waals surface area contributed by atoms with Gasteiger partial charge in [0.05, 0.1) is 0 Å². The molecule has 0 saturated heterocycles. The maximum absolute atomic E-state index is 11.8. The van der Waals surface area contributed by atoms with Crippen LogP contribution in [-0.4, -0.2) is 41.6 Å². The molecule has 2 atom stereocenters. The Morgan fingerprint density at radius 3 is 2.56 bits per heavy atom. The molecule has 0 rings (SSSR count). The topological polar surface area (TPSA) is 69.6 Å². The number of carbonyl (C=O) groups excluding carboxylic acids is 1. The lowest BCUT2D eigenvalue weighted by molar-refractivity contribution is -0.140. The number of rotatable bonds is 8.